The number of hydrogen-bond donors (Lipinski definition) is 2. The molecule has 0 spiro atoms. The van der Waals surface area contributed by atoms with Crippen LogP contribution in [0.5, 0.6) is 0 Å². The second kappa shape index (κ2) is 5.84. The molecular formula is C12H20N2O4. The third-order valence-electron chi connectivity index (χ3n) is 3.53. The number of carboxylic acids is 1. The Balaban J connectivity index is 2.85. The number of nitrogens with zero attached hydrogens (tertiary/aromatic N) is 1. The minimum absolute atomic E-state index is 0.000370. The topological polar surface area (TPSA) is 101 Å². The van der Waals surface area contributed by atoms with E-state index in [0.717, 1.165) is 12.8 Å². The predicted molar refractivity (Wildman–Crippen MR) is 64.5 cm³/mol. The highest BCUT2D eigenvalue weighted by Crippen LogP contribution is 2.32. The number of aliphatic carboxylic acids is 1. The third-order valence-corrected chi connectivity index (χ3v) is 3.53. The summed E-state index contributed by atoms with van der Waals surface area (Å²) in [6.07, 6.45) is 1.49. The fourth-order valence-electron chi connectivity index (χ4n) is 2.49. The molecule has 6 nitrogen and oxygen atoms in total. The second-order valence-electron chi connectivity index (χ2n) is 4.82. The van der Waals surface area contributed by atoms with Gasteiger partial charge in [-0.3, -0.25) is 14.4 Å². The molecule has 1 saturated heterocycles. The summed E-state index contributed by atoms with van der Waals surface area (Å²) in [5, 5.41) is 8.85. The molecule has 3 atom stereocenters. The standard InChI is InChI=1S/C12H20N2O4/c1-3-4-8-6-14(7(2)11(13)17)12(18)9(8)5-10(15)16/h7-9H,3-6H2,1-2H3,(H2,13,17)(H,15,16)/t7-,8-,9?/m0/s1. The summed E-state index contributed by atoms with van der Waals surface area (Å²) in [6, 6.07) is -0.671. The molecule has 0 radical (unpaired) electrons. The van der Waals surface area contributed by atoms with Gasteiger partial charge >= 0.3 is 5.97 Å². The molecule has 1 rings (SSSR count). The van der Waals surface area contributed by atoms with Crippen LogP contribution in [0.3, 0.4) is 0 Å². The molecule has 0 aliphatic carbocycles. The first-order valence-corrected chi connectivity index (χ1v) is 6.20. The van der Waals surface area contributed by atoms with E-state index in [1.54, 1.807) is 6.92 Å². The lowest BCUT2D eigenvalue weighted by atomic mass is 9.89. The summed E-state index contributed by atoms with van der Waals surface area (Å²) in [5.41, 5.74) is 5.19. The first-order valence-electron chi connectivity index (χ1n) is 6.20. The first kappa shape index (κ1) is 14.5. The number of carbonyl (C=O) groups excluding carboxylic acids is 2. The highest BCUT2D eigenvalue weighted by Gasteiger charge is 2.43. The molecule has 2 amide bonds. The minimum Gasteiger partial charge on any atom is -0.481 e. The second-order valence-corrected chi connectivity index (χ2v) is 4.82. The molecule has 1 aliphatic heterocycles. The Morgan fingerprint density at radius 2 is 2.17 bits per heavy atom. The molecule has 0 aromatic heterocycles. The normalized spacial score (nSPS) is 25.2. The average Bonchev–Trinajstić information content (AvgIpc) is 2.56. The Bertz CT molecular complexity index is 356. The molecular weight excluding hydrogens is 236 g/mol. The van der Waals surface area contributed by atoms with Gasteiger partial charge in [-0.05, 0) is 19.3 Å². The average molecular weight is 256 g/mol. The first-order chi connectivity index (χ1) is 8.38. The van der Waals surface area contributed by atoms with E-state index in [4.69, 9.17) is 10.8 Å². The number of carboxylic acid groups (broad SMARTS) is 1. The van der Waals surface area contributed by atoms with E-state index < -0.39 is 23.8 Å². The van der Waals surface area contributed by atoms with Crippen molar-refractivity contribution in [3.8, 4) is 0 Å². The van der Waals surface area contributed by atoms with E-state index in [1.165, 1.54) is 4.90 Å². The molecule has 1 unspecified atom stereocenters. The van der Waals surface area contributed by atoms with Gasteiger partial charge in [-0.15, -0.1) is 0 Å². The van der Waals surface area contributed by atoms with E-state index in [-0.39, 0.29) is 18.2 Å². The molecule has 18 heavy (non-hydrogen) atoms. The van der Waals surface area contributed by atoms with Gasteiger partial charge in [-0.2, -0.15) is 0 Å². The number of nitrogens with two attached hydrogens (primary N) is 1. The molecule has 6 heteroatoms. The Hall–Kier alpha value is -1.59. The number of carbonyl (C=O) groups is 3. The van der Waals surface area contributed by atoms with Gasteiger partial charge in [0.25, 0.3) is 0 Å². The lowest BCUT2D eigenvalue weighted by molar-refractivity contribution is -0.143. The van der Waals surface area contributed by atoms with Crippen LogP contribution in [0.4, 0.5) is 0 Å². The molecule has 1 aliphatic rings. The Morgan fingerprint density at radius 1 is 1.56 bits per heavy atom. The van der Waals surface area contributed by atoms with Crippen LogP contribution in [-0.2, 0) is 14.4 Å². The number of rotatable bonds is 6. The lowest BCUT2D eigenvalue weighted by Crippen LogP contribution is -2.44. The quantitative estimate of drug-likeness (QED) is 0.709. The number of amides is 2. The van der Waals surface area contributed by atoms with Crippen LogP contribution in [-0.4, -0.2) is 40.4 Å². The number of hydrogen-bond acceptors (Lipinski definition) is 3. The summed E-state index contributed by atoms with van der Waals surface area (Å²) < 4.78 is 0. The van der Waals surface area contributed by atoms with Gasteiger partial charge in [0.1, 0.15) is 6.04 Å². The Kier molecular flexibility index (Phi) is 4.69. The van der Waals surface area contributed by atoms with Crippen molar-refractivity contribution < 1.29 is 19.5 Å². The van der Waals surface area contributed by atoms with Crippen molar-refractivity contribution in [3.63, 3.8) is 0 Å². The van der Waals surface area contributed by atoms with Crippen molar-refractivity contribution in [2.75, 3.05) is 6.54 Å². The zero-order valence-electron chi connectivity index (χ0n) is 10.8. The van der Waals surface area contributed by atoms with Crippen molar-refractivity contribution in [1.82, 2.24) is 4.90 Å². The molecule has 102 valence electrons. The SMILES string of the molecule is CCC[C@H]1CN([C@@H](C)C(N)=O)C(=O)C1CC(=O)O. The van der Waals surface area contributed by atoms with Crippen LogP contribution < -0.4 is 5.73 Å². The molecule has 1 heterocycles. The summed E-state index contributed by atoms with van der Waals surface area (Å²) in [5.74, 6) is -2.33. The Labute approximate surface area is 106 Å². The summed E-state index contributed by atoms with van der Waals surface area (Å²) in [4.78, 5) is 35.5. The van der Waals surface area contributed by atoms with Crippen LogP contribution in [0.2, 0.25) is 0 Å². The maximum Gasteiger partial charge on any atom is 0.304 e. The monoisotopic (exact) mass is 256 g/mol. The highest BCUT2D eigenvalue weighted by molar-refractivity contribution is 5.90. The molecule has 1 fully saturated rings. The van der Waals surface area contributed by atoms with E-state index in [1.807, 2.05) is 6.92 Å². The zero-order valence-corrected chi connectivity index (χ0v) is 10.8. The van der Waals surface area contributed by atoms with Gasteiger partial charge in [0.15, 0.2) is 0 Å². The summed E-state index contributed by atoms with van der Waals surface area (Å²) in [7, 11) is 0. The fraction of sp³-hybridized carbons (Fsp3) is 0.750. The highest BCUT2D eigenvalue weighted by atomic mass is 16.4. The van der Waals surface area contributed by atoms with Gasteiger partial charge in [0.05, 0.1) is 12.3 Å². The molecule has 3 N–H and O–H groups in total. The summed E-state index contributed by atoms with van der Waals surface area (Å²) in [6.45, 7) is 3.99. The van der Waals surface area contributed by atoms with Crippen molar-refractivity contribution in [1.29, 1.82) is 0 Å². The zero-order chi connectivity index (χ0) is 13.9. The number of likely N-dealkylation sites (tertiary alicyclic amines) is 1. The van der Waals surface area contributed by atoms with Gasteiger partial charge < -0.3 is 15.7 Å². The lowest BCUT2D eigenvalue weighted by Gasteiger charge is -2.21. The van der Waals surface area contributed by atoms with Crippen LogP contribution in [0.25, 0.3) is 0 Å². The number of primary amides is 1. The predicted octanol–water partition coefficient (Wildman–Crippen LogP) is 0.210. The largest absolute Gasteiger partial charge is 0.481 e. The van der Waals surface area contributed by atoms with Crippen molar-refractivity contribution in [3.05, 3.63) is 0 Å². The molecule has 0 saturated carbocycles. The fourth-order valence-corrected chi connectivity index (χ4v) is 2.49. The molecule has 0 aromatic carbocycles. The van der Waals surface area contributed by atoms with E-state index >= 15 is 0 Å². The van der Waals surface area contributed by atoms with Gasteiger partial charge in [0, 0.05) is 6.54 Å². The maximum absolute atomic E-state index is 12.1. The van der Waals surface area contributed by atoms with Gasteiger partial charge in [0.2, 0.25) is 11.8 Å². The van der Waals surface area contributed by atoms with Crippen LogP contribution >= 0.6 is 0 Å². The van der Waals surface area contributed by atoms with Crippen molar-refractivity contribution in [2.24, 2.45) is 17.6 Å². The third kappa shape index (κ3) is 3.00. The molecule has 0 bridgehead atoms. The van der Waals surface area contributed by atoms with Crippen molar-refractivity contribution in [2.45, 2.75) is 39.2 Å². The van der Waals surface area contributed by atoms with Crippen LogP contribution in [0, 0.1) is 11.8 Å². The summed E-state index contributed by atoms with van der Waals surface area (Å²) >= 11 is 0. The van der Waals surface area contributed by atoms with E-state index in [2.05, 4.69) is 0 Å². The van der Waals surface area contributed by atoms with Gasteiger partial charge in [-0.1, -0.05) is 13.3 Å². The Morgan fingerprint density at radius 3 is 2.61 bits per heavy atom. The van der Waals surface area contributed by atoms with E-state index in [0.29, 0.717) is 6.54 Å². The van der Waals surface area contributed by atoms with Crippen molar-refractivity contribution >= 4 is 17.8 Å². The van der Waals surface area contributed by atoms with E-state index in [9.17, 15) is 14.4 Å². The molecule has 0 aromatic rings. The maximum atomic E-state index is 12.1. The smallest absolute Gasteiger partial charge is 0.304 e. The minimum atomic E-state index is -0.983. The van der Waals surface area contributed by atoms with Crippen LogP contribution in [0.1, 0.15) is 33.1 Å². The van der Waals surface area contributed by atoms with Gasteiger partial charge in [-0.25, -0.2) is 0 Å². The van der Waals surface area contributed by atoms with Crippen LogP contribution in [0.15, 0.2) is 0 Å².